The van der Waals surface area contributed by atoms with E-state index in [2.05, 4.69) is 20.7 Å². The number of ether oxygens (including phenoxy) is 1. The van der Waals surface area contributed by atoms with Gasteiger partial charge in [0.2, 0.25) is 4.96 Å². The lowest BCUT2D eigenvalue weighted by Crippen LogP contribution is -2.37. The predicted molar refractivity (Wildman–Crippen MR) is 118 cm³/mol. The number of nitrogens with one attached hydrogen (secondary N) is 2. The predicted octanol–water partition coefficient (Wildman–Crippen LogP) is 3.69. The summed E-state index contributed by atoms with van der Waals surface area (Å²) in [6, 6.07) is 14.0. The van der Waals surface area contributed by atoms with Crippen molar-refractivity contribution in [2.75, 3.05) is 20.2 Å². The fourth-order valence-corrected chi connectivity index (χ4v) is 3.99. The number of benzene rings is 2. The number of fused-ring (bicyclic) bond motifs is 1. The first-order chi connectivity index (χ1) is 15.1. The van der Waals surface area contributed by atoms with Gasteiger partial charge in [0.15, 0.2) is 5.82 Å². The van der Waals surface area contributed by atoms with Crippen molar-refractivity contribution in [1.82, 2.24) is 25.2 Å². The van der Waals surface area contributed by atoms with Crippen molar-refractivity contribution in [3.63, 3.8) is 0 Å². The fourth-order valence-electron chi connectivity index (χ4n) is 3.13. The molecule has 0 unspecified atom stereocenters. The molecular formula is C22H22FN5O2S. The van der Waals surface area contributed by atoms with Gasteiger partial charge < -0.3 is 15.4 Å². The number of hydrogen-bond donors (Lipinski definition) is 2. The Kier molecular flexibility index (Phi) is 6.42. The summed E-state index contributed by atoms with van der Waals surface area (Å²) in [6.07, 6.45) is 1.33. The first-order valence-electron chi connectivity index (χ1n) is 9.86. The summed E-state index contributed by atoms with van der Waals surface area (Å²) < 4.78 is 20.8. The smallest absolute Gasteiger partial charge is 0.314 e. The van der Waals surface area contributed by atoms with Crippen LogP contribution < -0.4 is 15.4 Å². The molecule has 2 aromatic carbocycles. The molecule has 0 radical (unpaired) electrons. The zero-order valence-corrected chi connectivity index (χ0v) is 17.8. The summed E-state index contributed by atoms with van der Waals surface area (Å²) in [5.41, 5.74) is 2.41. The first-order valence-corrected chi connectivity index (χ1v) is 10.7. The van der Waals surface area contributed by atoms with Crippen LogP contribution in [0.2, 0.25) is 0 Å². The number of hydrogen-bond acceptors (Lipinski definition) is 5. The van der Waals surface area contributed by atoms with Crippen LogP contribution in [0, 0.1) is 5.82 Å². The number of carbonyl (C=O) groups excluding carboxylic acids is 1. The van der Waals surface area contributed by atoms with E-state index >= 15 is 0 Å². The first kappa shape index (κ1) is 20.8. The minimum atomic E-state index is -0.352. The van der Waals surface area contributed by atoms with E-state index in [4.69, 9.17) is 4.74 Å². The number of rotatable bonds is 8. The third-order valence-electron chi connectivity index (χ3n) is 4.79. The number of nitrogens with zero attached hydrogens (tertiary/aromatic N) is 3. The van der Waals surface area contributed by atoms with Gasteiger partial charge in [-0.25, -0.2) is 13.7 Å². The molecule has 4 aromatic rings. The largest absolute Gasteiger partial charge is 0.497 e. The maximum Gasteiger partial charge on any atom is 0.314 e. The second kappa shape index (κ2) is 9.57. The van der Waals surface area contributed by atoms with Gasteiger partial charge in [-0.05, 0) is 36.2 Å². The molecule has 0 atom stereocenters. The Hall–Kier alpha value is -3.46. The number of amides is 2. The molecule has 0 bridgehead atoms. The summed E-state index contributed by atoms with van der Waals surface area (Å²) in [4.78, 5) is 17.1. The fraction of sp³-hybridized carbons (Fsp3) is 0.227. The Bertz CT molecular complexity index is 1170. The molecule has 2 N–H and O–H groups in total. The van der Waals surface area contributed by atoms with E-state index in [-0.39, 0.29) is 11.8 Å². The quantitative estimate of drug-likeness (QED) is 0.439. The third kappa shape index (κ3) is 5.00. The molecule has 2 amide bonds. The maximum absolute atomic E-state index is 14.0. The molecule has 0 saturated heterocycles. The van der Waals surface area contributed by atoms with Gasteiger partial charge in [0.1, 0.15) is 11.6 Å². The normalized spacial score (nSPS) is 10.9. The maximum atomic E-state index is 14.0. The van der Waals surface area contributed by atoms with E-state index in [1.54, 1.807) is 29.8 Å². The Labute approximate surface area is 182 Å². The minimum absolute atomic E-state index is 0.217. The molecule has 0 spiro atoms. The lowest BCUT2D eigenvalue weighted by atomic mass is 10.1. The van der Waals surface area contributed by atoms with Crippen molar-refractivity contribution in [2.45, 2.75) is 12.8 Å². The highest BCUT2D eigenvalue weighted by Crippen LogP contribution is 2.23. The van der Waals surface area contributed by atoms with Crippen LogP contribution in [0.4, 0.5) is 9.18 Å². The Morgan fingerprint density at radius 3 is 2.58 bits per heavy atom. The highest BCUT2D eigenvalue weighted by atomic mass is 32.1. The van der Waals surface area contributed by atoms with E-state index in [1.165, 1.54) is 17.4 Å². The molecule has 0 fully saturated rings. The van der Waals surface area contributed by atoms with Crippen molar-refractivity contribution in [3.05, 3.63) is 71.0 Å². The summed E-state index contributed by atoms with van der Waals surface area (Å²) in [5.74, 6) is 0.816. The summed E-state index contributed by atoms with van der Waals surface area (Å²) in [6.45, 7) is 0.991. The van der Waals surface area contributed by atoms with Crippen LogP contribution in [-0.4, -0.2) is 40.8 Å². The lowest BCUT2D eigenvalue weighted by Gasteiger charge is -2.08. The molecule has 2 aromatic heterocycles. The zero-order chi connectivity index (χ0) is 21.6. The number of urea groups is 1. The molecule has 0 aliphatic carbocycles. The van der Waals surface area contributed by atoms with Crippen LogP contribution in [0.1, 0.15) is 11.3 Å². The topological polar surface area (TPSA) is 80.5 Å². The van der Waals surface area contributed by atoms with Crippen LogP contribution in [0.15, 0.2) is 53.9 Å². The van der Waals surface area contributed by atoms with E-state index in [1.807, 2.05) is 29.6 Å². The van der Waals surface area contributed by atoms with Crippen molar-refractivity contribution < 1.29 is 13.9 Å². The van der Waals surface area contributed by atoms with Gasteiger partial charge in [-0.3, -0.25) is 0 Å². The second-order valence-corrected chi connectivity index (χ2v) is 7.70. The molecule has 0 saturated carbocycles. The van der Waals surface area contributed by atoms with Crippen LogP contribution in [0.25, 0.3) is 16.3 Å². The van der Waals surface area contributed by atoms with E-state index < -0.39 is 0 Å². The monoisotopic (exact) mass is 439 g/mol. The number of halogens is 1. The number of methoxy groups -OCH3 is 1. The van der Waals surface area contributed by atoms with Crippen molar-refractivity contribution in [3.8, 4) is 17.1 Å². The van der Waals surface area contributed by atoms with Gasteiger partial charge in [0.25, 0.3) is 0 Å². The van der Waals surface area contributed by atoms with Gasteiger partial charge in [0.05, 0.1) is 18.4 Å². The van der Waals surface area contributed by atoms with E-state index in [0.29, 0.717) is 35.9 Å². The van der Waals surface area contributed by atoms with Crippen LogP contribution in [0.5, 0.6) is 5.75 Å². The lowest BCUT2D eigenvalue weighted by molar-refractivity contribution is 0.241. The molecule has 0 aliphatic heterocycles. The van der Waals surface area contributed by atoms with Gasteiger partial charge >= 0.3 is 6.03 Å². The third-order valence-corrected chi connectivity index (χ3v) is 5.65. The highest BCUT2D eigenvalue weighted by Gasteiger charge is 2.14. The molecular weight excluding hydrogens is 417 g/mol. The number of carbonyl (C=O) groups is 1. The average molecular weight is 440 g/mol. The number of aromatic nitrogens is 3. The van der Waals surface area contributed by atoms with E-state index in [9.17, 15) is 9.18 Å². The number of thiazole rings is 1. The summed E-state index contributed by atoms with van der Waals surface area (Å²) in [7, 11) is 1.63. The molecule has 160 valence electrons. The van der Waals surface area contributed by atoms with Crippen LogP contribution >= 0.6 is 11.3 Å². The standard InChI is InChI=1S/C22H22FN5O2S/c1-30-17-8-6-15(7-9-17)10-12-24-21(29)25-13-11-16-14-31-22-26-20(27-28(16)22)18-4-2-3-5-19(18)23/h2-9,14H,10-13H2,1H3,(H2,24,25,29). The second-order valence-electron chi connectivity index (χ2n) is 6.87. The molecule has 31 heavy (non-hydrogen) atoms. The Morgan fingerprint density at radius 1 is 1.10 bits per heavy atom. The van der Waals surface area contributed by atoms with Gasteiger partial charge in [-0.2, -0.15) is 4.98 Å². The summed E-state index contributed by atoms with van der Waals surface area (Å²) >= 11 is 1.44. The molecule has 0 aliphatic rings. The van der Waals surface area contributed by atoms with Crippen LogP contribution in [-0.2, 0) is 12.8 Å². The molecule has 7 nitrogen and oxygen atoms in total. The van der Waals surface area contributed by atoms with Crippen LogP contribution in [0.3, 0.4) is 0 Å². The average Bonchev–Trinajstić information content (AvgIpc) is 3.36. The highest BCUT2D eigenvalue weighted by molar-refractivity contribution is 7.15. The van der Waals surface area contributed by atoms with Crippen molar-refractivity contribution in [2.24, 2.45) is 0 Å². The SMILES string of the molecule is COc1ccc(CCNC(=O)NCCc2csc3nc(-c4ccccc4F)nn23)cc1. The van der Waals surface area contributed by atoms with Gasteiger partial charge in [0, 0.05) is 24.9 Å². The molecule has 2 heterocycles. The Balaban J connectivity index is 1.26. The van der Waals surface area contributed by atoms with Gasteiger partial charge in [-0.15, -0.1) is 16.4 Å². The zero-order valence-electron chi connectivity index (χ0n) is 17.0. The molecule has 9 heteroatoms. The minimum Gasteiger partial charge on any atom is -0.497 e. The van der Waals surface area contributed by atoms with Crippen molar-refractivity contribution in [1.29, 1.82) is 0 Å². The summed E-state index contributed by atoms with van der Waals surface area (Å²) in [5, 5.41) is 12.1. The van der Waals surface area contributed by atoms with Crippen molar-refractivity contribution >= 4 is 22.3 Å². The molecule has 4 rings (SSSR count). The van der Waals surface area contributed by atoms with Gasteiger partial charge in [-0.1, -0.05) is 24.3 Å². The Morgan fingerprint density at radius 2 is 1.84 bits per heavy atom. The van der Waals surface area contributed by atoms with E-state index in [0.717, 1.165) is 23.4 Å².